The van der Waals surface area contributed by atoms with Crippen molar-refractivity contribution in [3.05, 3.63) is 57.8 Å². The second kappa shape index (κ2) is 6.08. The van der Waals surface area contributed by atoms with Crippen molar-refractivity contribution in [2.75, 3.05) is 6.54 Å². The number of likely N-dealkylation sites (tertiary alicyclic amines) is 1. The van der Waals surface area contributed by atoms with Crippen LogP contribution in [-0.4, -0.2) is 28.1 Å². The lowest BCUT2D eigenvalue weighted by Crippen LogP contribution is -2.30. The quantitative estimate of drug-likeness (QED) is 0.842. The largest absolute Gasteiger partial charge is 0.356 e. The highest BCUT2D eigenvalue weighted by Gasteiger charge is 2.31. The highest BCUT2D eigenvalue weighted by atomic mass is 79.9. The van der Waals surface area contributed by atoms with Gasteiger partial charge in [-0.2, -0.15) is 0 Å². The number of carbonyl (C=O) groups excluding carboxylic acids is 2. The van der Waals surface area contributed by atoms with Gasteiger partial charge < -0.3 is 9.88 Å². The fourth-order valence-corrected chi connectivity index (χ4v) is 3.18. The molecule has 0 saturated carbocycles. The number of nitrogens with one attached hydrogen (secondary N) is 1. The summed E-state index contributed by atoms with van der Waals surface area (Å²) >= 11 is 3.43. The number of amides is 1. The minimum Gasteiger partial charge on any atom is -0.356 e. The van der Waals surface area contributed by atoms with Crippen molar-refractivity contribution in [1.82, 2.24) is 9.88 Å². The van der Waals surface area contributed by atoms with Gasteiger partial charge in [-0.3, -0.25) is 9.59 Å². The molecule has 3 rings (SSSR count). The van der Waals surface area contributed by atoms with Crippen LogP contribution in [0.15, 0.2) is 41.0 Å². The van der Waals surface area contributed by atoms with E-state index >= 15 is 0 Å². The Balaban J connectivity index is 1.84. The van der Waals surface area contributed by atoms with Gasteiger partial charge in [0.15, 0.2) is 5.78 Å². The fraction of sp³-hybridized carbons (Fsp3) is 0.294. The molecule has 2 heterocycles. The molecule has 1 aliphatic rings. The summed E-state index contributed by atoms with van der Waals surface area (Å²) in [5, 5.41) is 0. The number of Topliss-reactive ketones (excluding diaryl/α,β-unsaturated/α-hetero) is 1. The molecule has 2 aromatic rings. The summed E-state index contributed by atoms with van der Waals surface area (Å²) in [7, 11) is 0. The molecule has 1 aromatic heterocycles. The molecule has 0 spiro atoms. The molecule has 1 aliphatic heterocycles. The van der Waals surface area contributed by atoms with Crippen LogP contribution in [-0.2, 0) is 0 Å². The summed E-state index contributed by atoms with van der Waals surface area (Å²) in [6, 6.07) is 9.84. The van der Waals surface area contributed by atoms with Crippen LogP contribution in [0, 0.1) is 0 Å². The van der Waals surface area contributed by atoms with Crippen LogP contribution in [0.3, 0.4) is 0 Å². The molecule has 5 heteroatoms. The topological polar surface area (TPSA) is 53.2 Å². The van der Waals surface area contributed by atoms with Crippen LogP contribution in [0.5, 0.6) is 0 Å². The Bertz CT molecular complexity index is 706. The minimum atomic E-state index is -0.0436. The zero-order valence-electron chi connectivity index (χ0n) is 12.3. The van der Waals surface area contributed by atoms with Crippen LogP contribution in [0.1, 0.15) is 52.2 Å². The van der Waals surface area contributed by atoms with E-state index in [0.717, 1.165) is 29.4 Å². The smallest absolute Gasteiger partial charge is 0.270 e. The third kappa shape index (κ3) is 2.86. The summed E-state index contributed by atoms with van der Waals surface area (Å²) in [6.07, 6.45) is 3.56. The molecule has 1 aromatic carbocycles. The van der Waals surface area contributed by atoms with E-state index in [1.165, 1.54) is 6.92 Å². The molecular weight excluding hydrogens is 344 g/mol. The molecular formula is C17H17BrN2O2. The molecule has 1 saturated heterocycles. The normalized spacial score (nSPS) is 17.7. The van der Waals surface area contributed by atoms with E-state index < -0.39 is 0 Å². The van der Waals surface area contributed by atoms with Gasteiger partial charge in [0.2, 0.25) is 0 Å². The Morgan fingerprint density at radius 1 is 1.27 bits per heavy atom. The first-order valence-electron chi connectivity index (χ1n) is 7.32. The maximum absolute atomic E-state index is 12.7. The van der Waals surface area contributed by atoms with Crippen LogP contribution in [0.2, 0.25) is 0 Å². The first-order valence-corrected chi connectivity index (χ1v) is 8.11. The SMILES string of the molecule is CC(=O)c1c[nH]c(C(=O)N2CCCC2c2ccc(Br)cc2)c1. The lowest BCUT2D eigenvalue weighted by atomic mass is 10.0. The molecule has 0 aliphatic carbocycles. The zero-order valence-corrected chi connectivity index (χ0v) is 13.9. The standard InChI is InChI=1S/C17H17BrN2O2/c1-11(21)13-9-15(19-10-13)17(22)20-8-2-3-16(20)12-4-6-14(18)7-5-12/h4-7,9-10,16,19H,2-3,8H2,1H3. The van der Waals surface area contributed by atoms with E-state index in [1.54, 1.807) is 12.3 Å². The van der Waals surface area contributed by atoms with Gasteiger partial charge in [-0.15, -0.1) is 0 Å². The van der Waals surface area contributed by atoms with Crippen molar-refractivity contribution >= 4 is 27.6 Å². The predicted octanol–water partition coefficient (Wildman–Crippen LogP) is 3.96. The number of halogens is 1. The number of ketones is 1. The van der Waals surface area contributed by atoms with E-state index in [9.17, 15) is 9.59 Å². The van der Waals surface area contributed by atoms with Crippen LogP contribution >= 0.6 is 15.9 Å². The van der Waals surface area contributed by atoms with E-state index in [-0.39, 0.29) is 17.7 Å². The van der Waals surface area contributed by atoms with Crippen molar-refractivity contribution in [1.29, 1.82) is 0 Å². The monoisotopic (exact) mass is 360 g/mol. The van der Waals surface area contributed by atoms with Crippen molar-refractivity contribution in [3.8, 4) is 0 Å². The molecule has 1 unspecified atom stereocenters. The summed E-state index contributed by atoms with van der Waals surface area (Å²) in [5.41, 5.74) is 2.17. The molecule has 22 heavy (non-hydrogen) atoms. The number of hydrogen-bond acceptors (Lipinski definition) is 2. The number of H-pyrrole nitrogens is 1. The Labute approximate surface area is 137 Å². The average molecular weight is 361 g/mol. The number of benzene rings is 1. The third-order valence-electron chi connectivity index (χ3n) is 4.09. The van der Waals surface area contributed by atoms with E-state index in [0.29, 0.717) is 11.3 Å². The predicted molar refractivity (Wildman–Crippen MR) is 88.0 cm³/mol. The maximum atomic E-state index is 12.7. The van der Waals surface area contributed by atoms with Crippen LogP contribution in [0.4, 0.5) is 0 Å². The number of carbonyl (C=O) groups is 2. The number of aromatic amines is 1. The Morgan fingerprint density at radius 3 is 2.64 bits per heavy atom. The van der Waals surface area contributed by atoms with Crippen molar-refractivity contribution < 1.29 is 9.59 Å². The number of rotatable bonds is 3. The van der Waals surface area contributed by atoms with Crippen LogP contribution in [0.25, 0.3) is 0 Å². The molecule has 1 atom stereocenters. The van der Waals surface area contributed by atoms with E-state index in [1.807, 2.05) is 17.0 Å². The average Bonchev–Trinajstić information content (AvgIpc) is 3.17. The van der Waals surface area contributed by atoms with Gasteiger partial charge in [0.05, 0.1) is 6.04 Å². The molecule has 0 bridgehead atoms. The Morgan fingerprint density at radius 2 is 2.00 bits per heavy atom. The van der Waals surface area contributed by atoms with Crippen molar-refractivity contribution in [3.63, 3.8) is 0 Å². The van der Waals surface area contributed by atoms with Crippen molar-refractivity contribution in [2.45, 2.75) is 25.8 Å². The molecule has 0 radical (unpaired) electrons. The minimum absolute atomic E-state index is 0.0406. The lowest BCUT2D eigenvalue weighted by molar-refractivity contribution is 0.0730. The van der Waals surface area contributed by atoms with Gasteiger partial charge in [-0.1, -0.05) is 28.1 Å². The number of aromatic nitrogens is 1. The first-order chi connectivity index (χ1) is 10.6. The van der Waals surface area contributed by atoms with Gasteiger partial charge in [0, 0.05) is 22.8 Å². The molecule has 4 nitrogen and oxygen atoms in total. The number of hydrogen-bond donors (Lipinski definition) is 1. The summed E-state index contributed by atoms with van der Waals surface area (Å²) < 4.78 is 1.03. The maximum Gasteiger partial charge on any atom is 0.270 e. The van der Waals surface area contributed by atoms with Gasteiger partial charge >= 0.3 is 0 Å². The summed E-state index contributed by atoms with van der Waals surface area (Å²) in [4.78, 5) is 28.9. The number of nitrogens with zero attached hydrogens (tertiary/aromatic N) is 1. The fourth-order valence-electron chi connectivity index (χ4n) is 2.92. The summed E-state index contributed by atoms with van der Waals surface area (Å²) in [6.45, 7) is 2.24. The Hall–Kier alpha value is -1.88. The van der Waals surface area contributed by atoms with E-state index in [2.05, 4.69) is 33.0 Å². The van der Waals surface area contributed by atoms with Crippen LogP contribution < -0.4 is 0 Å². The van der Waals surface area contributed by atoms with Gasteiger partial charge in [-0.25, -0.2) is 0 Å². The molecule has 114 valence electrons. The molecule has 1 fully saturated rings. The summed E-state index contributed by atoms with van der Waals surface area (Å²) in [5.74, 6) is -0.0842. The van der Waals surface area contributed by atoms with Gasteiger partial charge in [0.25, 0.3) is 5.91 Å². The van der Waals surface area contributed by atoms with Gasteiger partial charge in [-0.05, 0) is 43.5 Å². The first kappa shape index (κ1) is 15.0. The highest BCUT2D eigenvalue weighted by molar-refractivity contribution is 9.10. The van der Waals surface area contributed by atoms with Gasteiger partial charge in [0.1, 0.15) is 5.69 Å². The highest BCUT2D eigenvalue weighted by Crippen LogP contribution is 2.33. The lowest BCUT2D eigenvalue weighted by Gasteiger charge is -2.24. The zero-order chi connectivity index (χ0) is 15.7. The molecule has 1 N–H and O–H groups in total. The second-order valence-corrected chi connectivity index (χ2v) is 6.48. The second-order valence-electron chi connectivity index (χ2n) is 5.57. The van der Waals surface area contributed by atoms with Crippen molar-refractivity contribution in [2.24, 2.45) is 0 Å². The Kier molecular flexibility index (Phi) is 4.16. The third-order valence-corrected chi connectivity index (χ3v) is 4.62. The molecule has 1 amide bonds. The van der Waals surface area contributed by atoms with E-state index in [4.69, 9.17) is 0 Å².